The van der Waals surface area contributed by atoms with Crippen molar-refractivity contribution in [2.45, 2.75) is 36.7 Å². The fourth-order valence-electron chi connectivity index (χ4n) is 4.16. The van der Waals surface area contributed by atoms with Gasteiger partial charge in [-0.25, -0.2) is 4.72 Å². The first kappa shape index (κ1) is 23.0. The number of carbonyl (C=O) groups excluding carboxylic acids is 2. The van der Waals surface area contributed by atoms with E-state index < -0.39 is 6.04 Å². The Hall–Kier alpha value is -3.22. The van der Waals surface area contributed by atoms with Crippen LogP contribution in [0.5, 0.6) is 0 Å². The summed E-state index contributed by atoms with van der Waals surface area (Å²) < 4.78 is 10.1. The number of ether oxygens (including phenoxy) is 1. The lowest BCUT2D eigenvalue weighted by atomic mass is 9.96. The summed E-state index contributed by atoms with van der Waals surface area (Å²) in [5.41, 5.74) is 1.62. The van der Waals surface area contributed by atoms with Crippen molar-refractivity contribution in [3.63, 3.8) is 0 Å². The van der Waals surface area contributed by atoms with Gasteiger partial charge in [-0.3, -0.25) is 9.59 Å². The Morgan fingerprint density at radius 1 is 1.30 bits per heavy atom. The van der Waals surface area contributed by atoms with Gasteiger partial charge in [-0.15, -0.1) is 0 Å². The van der Waals surface area contributed by atoms with E-state index in [0.29, 0.717) is 44.6 Å². The maximum Gasteiger partial charge on any atom is 0.308 e. The van der Waals surface area contributed by atoms with Crippen molar-refractivity contribution < 1.29 is 14.3 Å². The van der Waals surface area contributed by atoms with E-state index in [0.717, 1.165) is 15.8 Å². The van der Waals surface area contributed by atoms with Crippen molar-refractivity contribution >= 4 is 34.7 Å². The second-order valence-electron chi connectivity index (χ2n) is 8.11. The SMILES string of the molecule is COC(=O)C1CCN(C(=O)C(CCn2cccc2C#N)NSc2ccc3cc[nH]c3c2)CC1. The molecule has 3 heterocycles. The van der Waals surface area contributed by atoms with E-state index in [1.165, 1.54) is 19.1 Å². The summed E-state index contributed by atoms with van der Waals surface area (Å²) in [6, 6.07) is 13.5. The molecule has 1 atom stereocenters. The fraction of sp³-hybridized carbons (Fsp3) is 0.375. The number of aryl methyl sites for hydroxylation is 1. The average Bonchev–Trinajstić information content (AvgIpc) is 3.52. The van der Waals surface area contributed by atoms with Crippen LogP contribution in [-0.2, 0) is 20.9 Å². The first-order valence-corrected chi connectivity index (χ1v) is 11.8. The van der Waals surface area contributed by atoms with Crippen molar-refractivity contribution in [1.29, 1.82) is 5.26 Å². The van der Waals surface area contributed by atoms with Gasteiger partial charge in [0.2, 0.25) is 5.91 Å². The Morgan fingerprint density at radius 3 is 2.88 bits per heavy atom. The third-order valence-corrected chi connectivity index (χ3v) is 6.98. The molecule has 1 fully saturated rings. The van der Waals surface area contributed by atoms with Gasteiger partial charge < -0.3 is 19.2 Å². The number of hydrogen-bond acceptors (Lipinski definition) is 6. The number of benzene rings is 1. The number of fused-ring (bicyclic) bond motifs is 1. The molecule has 0 radical (unpaired) electrons. The van der Waals surface area contributed by atoms with Crippen LogP contribution >= 0.6 is 11.9 Å². The zero-order chi connectivity index (χ0) is 23.2. The standard InChI is InChI=1S/C24H27N5O3S/c1-32-24(31)18-7-12-29(13-8-18)23(30)21(9-14-28-11-2-3-19(28)16-25)27-33-20-5-4-17-6-10-26-22(17)15-20/h2-6,10-11,15,18,21,26-27H,7-9,12-14H2,1H3. The van der Waals surface area contributed by atoms with Crippen molar-refractivity contribution in [3.05, 3.63) is 54.5 Å². The molecule has 1 aromatic carbocycles. The molecule has 8 nitrogen and oxygen atoms in total. The molecular formula is C24H27N5O3S. The summed E-state index contributed by atoms with van der Waals surface area (Å²) in [5, 5.41) is 10.4. The van der Waals surface area contributed by atoms with Crippen LogP contribution in [0.4, 0.5) is 0 Å². The number of aromatic amines is 1. The minimum atomic E-state index is -0.432. The van der Waals surface area contributed by atoms with Crippen LogP contribution in [-0.4, -0.2) is 52.6 Å². The van der Waals surface area contributed by atoms with Gasteiger partial charge in [-0.1, -0.05) is 6.07 Å². The normalized spacial score (nSPS) is 15.3. The molecule has 0 saturated carbocycles. The molecule has 1 amide bonds. The van der Waals surface area contributed by atoms with Gasteiger partial charge in [0.25, 0.3) is 0 Å². The van der Waals surface area contributed by atoms with Crippen LogP contribution in [0.2, 0.25) is 0 Å². The molecule has 0 bridgehead atoms. The summed E-state index contributed by atoms with van der Waals surface area (Å²) >= 11 is 1.43. The largest absolute Gasteiger partial charge is 0.469 e. The number of amides is 1. The number of rotatable bonds is 8. The zero-order valence-corrected chi connectivity index (χ0v) is 19.3. The number of carbonyl (C=O) groups is 2. The van der Waals surface area contributed by atoms with Crippen molar-refractivity contribution in [3.8, 4) is 6.07 Å². The van der Waals surface area contributed by atoms with Gasteiger partial charge in [0.05, 0.1) is 19.1 Å². The number of likely N-dealkylation sites (tertiary alicyclic amines) is 1. The second kappa shape index (κ2) is 10.6. The molecule has 0 spiro atoms. The zero-order valence-electron chi connectivity index (χ0n) is 18.5. The van der Waals surface area contributed by atoms with Gasteiger partial charge in [0.15, 0.2) is 0 Å². The highest BCUT2D eigenvalue weighted by molar-refractivity contribution is 7.97. The van der Waals surface area contributed by atoms with Gasteiger partial charge in [0.1, 0.15) is 11.8 Å². The molecule has 1 aliphatic heterocycles. The Labute approximate surface area is 197 Å². The Bertz CT molecular complexity index is 1160. The number of hydrogen-bond donors (Lipinski definition) is 2. The summed E-state index contributed by atoms with van der Waals surface area (Å²) in [6.07, 6.45) is 5.52. The molecule has 1 saturated heterocycles. The molecule has 1 aliphatic rings. The minimum absolute atomic E-state index is 0.0115. The molecule has 2 N–H and O–H groups in total. The highest BCUT2D eigenvalue weighted by Gasteiger charge is 2.31. The lowest BCUT2D eigenvalue weighted by Crippen LogP contribution is -2.48. The van der Waals surface area contributed by atoms with Crippen LogP contribution < -0.4 is 4.72 Å². The van der Waals surface area contributed by atoms with Crippen molar-refractivity contribution in [2.24, 2.45) is 5.92 Å². The van der Waals surface area contributed by atoms with E-state index in [1.54, 1.807) is 6.07 Å². The summed E-state index contributed by atoms with van der Waals surface area (Å²) in [4.78, 5) is 31.3. The summed E-state index contributed by atoms with van der Waals surface area (Å²) in [6.45, 7) is 1.61. The van der Waals surface area contributed by atoms with E-state index in [9.17, 15) is 14.9 Å². The quantitative estimate of drug-likeness (QED) is 0.391. The third-order valence-electron chi connectivity index (χ3n) is 6.09. The van der Waals surface area contributed by atoms with Crippen molar-refractivity contribution in [1.82, 2.24) is 19.2 Å². The molecule has 0 aliphatic carbocycles. The lowest BCUT2D eigenvalue weighted by Gasteiger charge is -2.33. The van der Waals surface area contributed by atoms with Gasteiger partial charge in [-0.2, -0.15) is 5.26 Å². The van der Waals surface area contributed by atoms with Crippen molar-refractivity contribution in [2.75, 3.05) is 20.2 Å². The van der Waals surface area contributed by atoms with Crippen LogP contribution in [0.3, 0.4) is 0 Å². The predicted molar refractivity (Wildman–Crippen MR) is 126 cm³/mol. The number of aromatic nitrogens is 2. The Balaban J connectivity index is 1.43. The first-order chi connectivity index (χ1) is 16.1. The van der Waals surface area contributed by atoms with Gasteiger partial charge >= 0.3 is 5.97 Å². The molecule has 9 heteroatoms. The van der Waals surface area contributed by atoms with Crippen LogP contribution in [0.15, 0.2) is 53.7 Å². The van der Waals surface area contributed by atoms with Crippen LogP contribution in [0, 0.1) is 17.2 Å². The molecular weight excluding hydrogens is 438 g/mol. The van der Waals surface area contributed by atoms with Crippen LogP contribution in [0.25, 0.3) is 10.9 Å². The number of nitriles is 1. The first-order valence-electron chi connectivity index (χ1n) is 11.0. The highest BCUT2D eigenvalue weighted by atomic mass is 32.2. The smallest absolute Gasteiger partial charge is 0.308 e. The van der Waals surface area contributed by atoms with Gasteiger partial charge in [-0.05, 0) is 66.9 Å². The van der Waals surface area contributed by atoms with E-state index in [2.05, 4.69) is 21.8 Å². The number of methoxy groups -OCH3 is 1. The molecule has 3 aromatic rings. The maximum absolute atomic E-state index is 13.4. The Morgan fingerprint density at radius 2 is 2.12 bits per heavy atom. The van der Waals surface area contributed by atoms with Gasteiger partial charge in [0, 0.05) is 42.4 Å². The highest BCUT2D eigenvalue weighted by Crippen LogP contribution is 2.24. The number of nitrogens with zero attached hydrogens (tertiary/aromatic N) is 3. The number of esters is 1. The predicted octanol–water partition coefficient (Wildman–Crippen LogP) is 3.31. The average molecular weight is 466 g/mol. The van der Waals surface area contributed by atoms with E-state index >= 15 is 0 Å². The summed E-state index contributed by atoms with van der Waals surface area (Å²) in [7, 11) is 1.40. The van der Waals surface area contributed by atoms with E-state index in [-0.39, 0.29) is 17.8 Å². The molecule has 2 aromatic heterocycles. The third kappa shape index (κ3) is 5.41. The topological polar surface area (TPSA) is 103 Å². The molecule has 4 rings (SSSR count). The second-order valence-corrected chi connectivity index (χ2v) is 9.02. The maximum atomic E-state index is 13.4. The molecule has 33 heavy (non-hydrogen) atoms. The van der Waals surface area contributed by atoms with Crippen LogP contribution in [0.1, 0.15) is 25.0 Å². The number of piperidine rings is 1. The molecule has 1 unspecified atom stereocenters. The monoisotopic (exact) mass is 465 g/mol. The molecule has 172 valence electrons. The van der Waals surface area contributed by atoms with E-state index in [1.807, 2.05) is 46.1 Å². The Kier molecular flexibility index (Phi) is 7.37. The fourth-order valence-corrected chi connectivity index (χ4v) is 4.97. The number of nitrogens with one attached hydrogen (secondary N) is 2. The number of H-pyrrole nitrogens is 1. The van der Waals surface area contributed by atoms with E-state index in [4.69, 9.17) is 4.74 Å². The lowest BCUT2D eigenvalue weighted by molar-refractivity contribution is -0.149. The minimum Gasteiger partial charge on any atom is -0.469 e. The summed E-state index contributed by atoms with van der Waals surface area (Å²) in [5.74, 6) is -0.341.